The Balaban J connectivity index is 2.31. The molecule has 0 spiro atoms. The molecule has 2 aromatic carbocycles. The number of carboxylic acids is 1. The van der Waals surface area contributed by atoms with E-state index in [1.807, 2.05) is 42.5 Å². The first-order valence-electron chi connectivity index (χ1n) is 6.19. The lowest BCUT2D eigenvalue weighted by Gasteiger charge is -2.11. The van der Waals surface area contributed by atoms with Crippen LogP contribution in [0.2, 0.25) is 0 Å². The van der Waals surface area contributed by atoms with Crippen LogP contribution in [-0.2, 0) is 0 Å². The maximum atomic E-state index is 11.5. The van der Waals surface area contributed by atoms with Gasteiger partial charge in [-0.05, 0) is 17.7 Å². The highest BCUT2D eigenvalue weighted by Gasteiger charge is 2.17. The van der Waals surface area contributed by atoms with Crippen molar-refractivity contribution in [3.8, 4) is 22.4 Å². The molecule has 4 heteroatoms. The highest BCUT2D eigenvalue weighted by atomic mass is 16.4. The summed E-state index contributed by atoms with van der Waals surface area (Å²) in [6.07, 6.45) is 1.65. The number of hydrogen-bond acceptors (Lipinski definition) is 2. The molecule has 98 valence electrons. The number of H-pyrrole nitrogens is 1. The molecular formula is C16H12N2O2. The van der Waals surface area contributed by atoms with Crippen molar-refractivity contribution < 1.29 is 9.90 Å². The lowest BCUT2D eigenvalue weighted by molar-refractivity contribution is 0.0698. The highest BCUT2D eigenvalue weighted by Crippen LogP contribution is 2.33. The Hall–Kier alpha value is -2.88. The van der Waals surface area contributed by atoms with E-state index < -0.39 is 5.97 Å². The molecule has 0 saturated carbocycles. The first kappa shape index (κ1) is 12.2. The van der Waals surface area contributed by atoms with Crippen LogP contribution in [0.15, 0.2) is 60.8 Å². The van der Waals surface area contributed by atoms with Crippen molar-refractivity contribution >= 4 is 5.97 Å². The smallest absolute Gasteiger partial charge is 0.336 e. The van der Waals surface area contributed by atoms with Crippen LogP contribution in [0.1, 0.15) is 10.4 Å². The number of aromatic carboxylic acids is 1. The van der Waals surface area contributed by atoms with E-state index >= 15 is 0 Å². The van der Waals surface area contributed by atoms with E-state index in [-0.39, 0.29) is 5.56 Å². The maximum Gasteiger partial charge on any atom is 0.336 e. The highest BCUT2D eigenvalue weighted by molar-refractivity contribution is 6.00. The number of aromatic amines is 1. The molecule has 3 aromatic rings. The molecule has 0 amide bonds. The van der Waals surface area contributed by atoms with E-state index in [1.165, 1.54) is 0 Å². The van der Waals surface area contributed by atoms with Gasteiger partial charge in [0.05, 0.1) is 11.3 Å². The fraction of sp³-hybridized carbons (Fsp3) is 0. The van der Waals surface area contributed by atoms with Gasteiger partial charge in [-0.2, -0.15) is 5.10 Å². The average molecular weight is 264 g/mol. The fourth-order valence-electron chi connectivity index (χ4n) is 2.28. The molecule has 0 aliphatic rings. The first-order chi connectivity index (χ1) is 9.77. The van der Waals surface area contributed by atoms with Crippen molar-refractivity contribution in [3.63, 3.8) is 0 Å². The Kier molecular flexibility index (Phi) is 3.05. The number of nitrogens with zero attached hydrogens (tertiary/aromatic N) is 1. The van der Waals surface area contributed by atoms with Crippen LogP contribution in [0.4, 0.5) is 0 Å². The monoisotopic (exact) mass is 264 g/mol. The van der Waals surface area contributed by atoms with Gasteiger partial charge in [-0.1, -0.05) is 42.5 Å². The van der Waals surface area contributed by atoms with Gasteiger partial charge in [0.25, 0.3) is 0 Å². The maximum absolute atomic E-state index is 11.5. The van der Waals surface area contributed by atoms with Crippen LogP contribution in [0.5, 0.6) is 0 Å². The zero-order valence-electron chi connectivity index (χ0n) is 10.6. The van der Waals surface area contributed by atoms with Crippen molar-refractivity contribution in [1.29, 1.82) is 0 Å². The molecule has 0 aliphatic carbocycles. The number of carboxylic acid groups (broad SMARTS) is 1. The number of benzene rings is 2. The Morgan fingerprint density at radius 3 is 2.45 bits per heavy atom. The summed E-state index contributed by atoms with van der Waals surface area (Å²) in [5.74, 6) is -0.940. The summed E-state index contributed by atoms with van der Waals surface area (Å²) >= 11 is 0. The summed E-state index contributed by atoms with van der Waals surface area (Å²) in [6.45, 7) is 0. The number of carbonyl (C=O) groups is 1. The third kappa shape index (κ3) is 2.07. The van der Waals surface area contributed by atoms with Gasteiger partial charge in [-0.15, -0.1) is 0 Å². The third-order valence-corrected chi connectivity index (χ3v) is 3.15. The van der Waals surface area contributed by atoms with Crippen molar-refractivity contribution in [2.24, 2.45) is 0 Å². The second-order valence-corrected chi connectivity index (χ2v) is 4.37. The molecule has 4 nitrogen and oxygen atoms in total. The van der Waals surface area contributed by atoms with Crippen molar-refractivity contribution in [3.05, 3.63) is 66.4 Å². The minimum absolute atomic E-state index is 0.281. The lowest BCUT2D eigenvalue weighted by atomic mass is 9.93. The van der Waals surface area contributed by atoms with Gasteiger partial charge in [0, 0.05) is 17.3 Å². The summed E-state index contributed by atoms with van der Waals surface area (Å²) in [5.41, 5.74) is 3.48. The topological polar surface area (TPSA) is 66.0 Å². The summed E-state index contributed by atoms with van der Waals surface area (Å²) < 4.78 is 0. The summed E-state index contributed by atoms with van der Waals surface area (Å²) in [6, 6.07) is 16.6. The molecule has 1 aromatic heterocycles. The number of rotatable bonds is 3. The molecule has 1 heterocycles. The van der Waals surface area contributed by atoms with Crippen LogP contribution in [-0.4, -0.2) is 21.3 Å². The van der Waals surface area contributed by atoms with Gasteiger partial charge < -0.3 is 5.11 Å². The van der Waals surface area contributed by atoms with Gasteiger partial charge in [0.15, 0.2) is 0 Å². The molecule has 0 bridgehead atoms. The standard InChI is InChI=1S/C16H12N2O2/c19-16(20)13-8-4-7-12(14-9-10-17-18-14)15(13)11-5-2-1-3-6-11/h1-10H,(H,17,18)(H,19,20). The van der Waals surface area contributed by atoms with E-state index in [4.69, 9.17) is 0 Å². The summed E-state index contributed by atoms with van der Waals surface area (Å²) in [5, 5.41) is 16.2. The number of hydrogen-bond donors (Lipinski definition) is 2. The Morgan fingerprint density at radius 1 is 1.00 bits per heavy atom. The molecule has 0 saturated heterocycles. The Bertz CT molecular complexity index is 734. The van der Waals surface area contributed by atoms with Crippen molar-refractivity contribution in [2.45, 2.75) is 0 Å². The van der Waals surface area contributed by atoms with Gasteiger partial charge in [-0.3, -0.25) is 5.10 Å². The molecule has 0 atom stereocenters. The lowest BCUT2D eigenvalue weighted by Crippen LogP contribution is -2.01. The largest absolute Gasteiger partial charge is 0.478 e. The van der Waals surface area contributed by atoms with E-state index in [2.05, 4.69) is 10.2 Å². The summed E-state index contributed by atoms with van der Waals surface area (Å²) in [7, 11) is 0. The molecule has 0 unspecified atom stereocenters. The average Bonchev–Trinajstić information content (AvgIpc) is 3.01. The van der Waals surface area contributed by atoms with E-state index in [0.29, 0.717) is 5.56 Å². The Morgan fingerprint density at radius 2 is 1.80 bits per heavy atom. The number of nitrogens with one attached hydrogen (secondary N) is 1. The SMILES string of the molecule is O=C(O)c1cccc(-c2ccn[nH]2)c1-c1ccccc1. The third-order valence-electron chi connectivity index (χ3n) is 3.15. The van der Waals surface area contributed by atoms with E-state index in [1.54, 1.807) is 18.3 Å². The van der Waals surface area contributed by atoms with Crippen LogP contribution >= 0.6 is 0 Å². The quantitative estimate of drug-likeness (QED) is 0.761. The minimum atomic E-state index is -0.940. The molecule has 0 fully saturated rings. The van der Waals surface area contributed by atoms with E-state index in [0.717, 1.165) is 16.8 Å². The van der Waals surface area contributed by atoms with Crippen LogP contribution in [0.3, 0.4) is 0 Å². The van der Waals surface area contributed by atoms with Gasteiger partial charge in [0.1, 0.15) is 0 Å². The molecule has 2 N–H and O–H groups in total. The van der Waals surface area contributed by atoms with Crippen molar-refractivity contribution in [2.75, 3.05) is 0 Å². The zero-order valence-corrected chi connectivity index (χ0v) is 10.6. The zero-order chi connectivity index (χ0) is 13.9. The second kappa shape index (κ2) is 5.01. The Labute approximate surface area is 115 Å². The van der Waals surface area contributed by atoms with Gasteiger partial charge in [0.2, 0.25) is 0 Å². The van der Waals surface area contributed by atoms with Crippen LogP contribution in [0.25, 0.3) is 22.4 Å². The molecule has 20 heavy (non-hydrogen) atoms. The number of aromatic nitrogens is 2. The van der Waals surface area contributed by atoms with Crippen LogP contribution in [0, 0.1) is 0 Å². The van der Waals surface area contributed by atoms with Gasteiger partial charge in [-0.25, -0.2) is 4.79 Å². The first-order valence-corrected chi connectivity index (χ1v) is 6.19. The molecule has 0 radical (unpaired) electrons. The minimum Gasteiger partial charge on any atom is -0.478 e. The molecular weight excluding hydrogens is 252 g/mol. The predicted molar refractivity (Wildman–Crippen MR) is 76.4 cm³/mol. The predicted octanol–water partition coefficient (Wildman–Crippen LogP) is 3.44. The van der Waals surface area contributed by atoms with Gasteiger partial charge >= 0.3 is 5.97 Å². The second-order valence-electron chi connectivity index (χ2n) is 4.37. The van der Waals surface area contributed by atoms with E-state index in [9.17, 15) is 9.90 Å². The van der Waals surface area contributed by atoms with Crippen LogP contribution < -0.4 is 0 Å². The van der Waals surface area contributed by atoms with Crippen molar-refractivity contribution in [1.82, 2.24) is 10.2 Å². The normalized spacial score (nSPS) is 10.4. The fourth-order valence-corrected chi connectivity index (χ4v) is 2.28. The molecule has 0 aliphatic heterocycles. The molecule has 3 rings (SSSR count). The summed E-state index contributed by atoms with van der Waals surface area (Å²) in [4.78, 5) is 11.5.